The quantitative estimate of drug-likeness (QED) is 0.332. The molecule has 2 N–H and O–H groups in total. The zero-order chi connectivity index (χ0) is 26.2. The molecule has 6 rings (SSSR count). The van der Waals surface area contributed by atoms with Crippen LogP contribution in [0.3, 0.4) is 0 Å². The first kappa shape index (κ1) is 24.5. The number of carbonyl (C=O) groups excluding carboxylic acids is 1. The predicted octanol–water partition coefficient (Wildman–Crippen LogP) is 2.86. The van der Waals surface area contributed by atoms with Crippen LogP contribution in [0.4, 0.5) is 0 Å². The minimum Gasteiger partial charge on any atom is -0.496 e. The Morgan fingerprint density at radius 1 is 1.24 bits per heavy atom. The Morgan fingerprint density at radius 3 is 2.89 bits per heavy atom. The van der Waals surface area contributed by atoms with Gasteiger partial charge in [-0.1, -0.05) is 0 Å². The van der Waals surface area contributed by atoms with E-state index < -0.39 is 15.4 Å². The summed E-state index contributed by atoms with van der Waals surface area (Å²) in [6.07, 6.45) is 13.1. The van der Waals surface area contributed by atoms with Crippen LogP contribution in [0.5, 0.6) is 5.75 Å². The van der Waals surface area contributed by atoms with Gasteiger partial charge in [0.25, 0.3) is 0 Å². The molecule has 0 aliphatic carbocycles. The zero-order valence-corrected chi connectivity index (χ0v) is 21.5. The number of rotatable bonds is 8. The smallest absolute Gasteiger partial charge is 0.207 e. The Labute approximate surface area is 220 Å². The van der Waals surface area contributed by atoms with Gasteiger partial charge in [0.05, 0.1) is 48.0 Å². The molecule has 1 spiro atoms. The molecule has 3 aromatic rings. The molecule has 1 amide bonds. The Bertz CT molecular complexity index is 1530. The van der Waals surface area contributed by atoms with E-state index in [1.807, 2.05) is 30.5 Å². The highest BCUT2D eigenvalue weighted by molar-refractivity contribution is 7.91. The largest absolute Gasteiger partial charge is 0.496 e. The number of aromatic amines is 1. The molecule has 6 heterocycles. The summed E-state index contributed by atoms with van der Waals surface area (Å²) >= 11 is 0. The number of hydrogen-bond donors (Lipinski definition) is 2. The molecule has 1 fully saturated rings. The summed E-state index contributed by atoms with van der Waals surface area (Å²) in [6, 6.07) is 3.93. The lowest BCUT2D eigenvalue weighted by Gasteiger charge is -2.31. The molecule has 3 aromatic heterocycles. The van der Waals surface area contributed by atoms with Gasteiger partial charge < -0.3 is 24.5 Å². The summed E-state index contributed by atoms with van der Waals surface area (Å²) in [5, 5.41) is 3.63. The van der Waals surface area contributed by atoms with E-state index >= 15 is 0 Å². The lowest BCUT2D eigenvalue weighted by Crippen LogP contribution is -2.32. The number of nitrogens with one attached hydrogen (secondary N) is 2. The van der Waals surface area contributed by atoms with Gasteiger partial charge in [-0.2, -0.15) is 0 Å². The standard InChI is InChI=1S/C27H28N4O6S/c32-17-28-6-1-19-11-21-22(13-30-24(21)14-29-19)23-12-25(36-15-18-3-9-38(33,34)10-4-18)20-2-7-37-27(26(20)31-23)5-8-35-16-27/h2,5,7-8,11-14,17-18,30H,1,3-4,6,9-10,15-16H2,(H,28,32). The van der Waals surface area contributed by atoms with Gasteiger partial charge in [0, 0.05) is 53.5 Å². The molecule has 3 aliphatic rings. The maximum absolute atomic E-state index is 11.9. The highest BCUT2D eigenvalue weighted by Crippen LogP contribution is 2.43. The average Bonchev–Trinajstić information content (AvgIpc) is 3.56. The van der Waals surface area contributed by atoms with Crippen LogP contribution in [0, 0.1) is 5.92 Å². The maximum Gasteiger partial charge on any atom is 0.207 e. The average molecular weight is 537 g/mol. The van der Waals surface area contributed by atoms with Crippen molar-refractivity contribution in [2.45, 2.75) is 24.9 Å². The SMILES string of the molecule is O=CNCCc1cc2c(-c3cc(OCC4CCS(=O)(=O)CC4)c4c(n3)C3(C=COC3)OC=C4)c[nH]c2cn1. The van der Waals surface area contributed by atoms with E-state index in [9.17, 15) is 13.2 Å². The molecule has 198 valence electrons. The number of hydrogen-bond acceptors (Lipinski definition) is 8. The molecule has 0 saturated carbocycles. The number of fused-ring (bicyclic) bond motifs is 3. The van der Waals surface area contributed by atoms with Crippen molar-refractivity contribution in [2.75, 3.05) is 31.3 Å². The number of pyridine rings is 2. The van der Waals surface area contributed by atoms with Crippen LogP contribution in [-0.2, 0) is 36.1 Å². The van der Waals surface area contributed by atoms with Gasteiger partial charge >= 0.3 is 0 Å². The van der Waals surface area contributed by atoms with E-state index in [2.05, 4.69) is 15.3 Å². The first-order chi connectivity index (χ1) is 18.5. The van der Waals surface area contributed by atoms with Crippen LogP contribution < -0.4 is 10.1 Å². The first-order valence-corrected chi connectivity index (χ1v) is 14.4. The molecule has 3 aliphatic heterocycles. The summed E-state index contributed by atoms with van der Waals surface area (Å²) in [5.74, 6) is 1.23. The Balaban J connectivity index is 1.38. The first-order valence-electron chi connectivity index (χ1n) is 12.6. The number of amides is 1. The molecule has 0 radical (unpaired) electrons. The summed E-state index contributed by atoms with van der Waals surface area (Å²) in [4.78, 5) is 23.5. The number of ether oxygens (including phenoxy) is 3. The van der Waals surface area contributed by atoms with E-state index in [1.54, 1.807) is 18.7 Å². The van der Waals surface area contributed by atoms with E-state index in [0.29, 0.717) is 62.6 Å². The molecule has 0 bridgehead atoms. The number of aromatic nitrogens is 3. The van der Waals surface area contributed by atoms with Crippen molar-refractivity contribution < 1.29 is 27.4 Å². The third kappa shape index (κ3) is 4.62. The second-order valence-corrected chi connectivity index (χ2v) is 12.1. The van der Waals surface area contributed by atoms with Crippen LogP contribution in [0.15, 0.2) is 43.1 Å². The third-order valence-corrected chi connectivity index (χ3v) is 9.04. The molecule has 1 atom stereocenters. The molecule has 11 heteroatoms. The summed E-state index contributed by atoms with van der Waals surface area (Å²) < 4.78 is 41.7. The Morgan fingerprint density at radius 2 is 2.11 bits per heavy atom. The second-order valence-electron chi connectivity index (χ2n) is 9.84. The normalized spacial score (nSPS) is 21.7. The van der Waals surface area contributed by atoms with E-state index in [-0.39, 0.29) is 17.4 Å². The minimum absolute atomic E-state index is 0.167. The van der Waals surface area contributed by atoms with Crippen LogP contribution in [0.2, 0.25) is 0 Å². The number of carbonyl (C=O) groups is 1. The summed E-state index contributed by atoms with van der Waals surface area (Å²) in [6.45, 7) is 1.22. The molecule has 0 aromatic carbocycles. The van der Waals surface area contributed by atoms with E-state index in [0.717, 1.165) is 27.7 Å². The van der Waals surface area contributed by atoms with Gasteiger partial charge in [-0.25, -0.2) is 13.4 Å². The molecular weight excluding hydrogens is 508 g/mol. The van der Waals surface area contributed by atoms with Gasteiger partial charge in [-0.15, -0.1) is 0 Å². The van der Waals surface area contributed by atoms with Crippen molar-refractivity contribution in [3.8, 4) is 17.0 Å². The number of sulfone groups is 1. The lowest BCUT2D eigenvalue weighted by atomic mass is 9.92. The van der Waals surface area contributed by atoms with Crippen LogP contribution in [0.1, 0.15) is 29.8 Å². The predicted molar refractivity (Wildman–Crippen MR) is 141 cm³/mol. The van der Waals surface area contributed by atoms with E-state index in [1.165, 1.54) is 0 Å². The highest BCUT2D eigenvalue weighted by atomic mass is 32.2. The number of H-pyrrole nitrogens is 1. The molecule has 10 nitrogen and oxygen atoms in total. The van der Waals surface area contributed by atoms with Crippen molar-refractivity contribution in [3.05, 3.63) is 60.1 Å². The minimum atomic E-state index is -2.94. The van der Waals surface area contributed by atoms with Gasteiger partial charge in [0.1, 0.15) is 27.9 Å². The second kappa shape index (κ2) is 9.79. The number of nitrogens with zero attached hydrogens (tertiary/aromatic N) is 2. The molecule has 1 unspecified atom stereocenters. The summed E-state index contributed by atoms with van der Waals surface area (Å²) in [5.41, 5.74) is 3.98. The van der Waals surface area contributed by atoms with Crippen molar-refractivity contribution in [3.63, 3.8) is 0 Å². The fourth-order valence-electron chi connectivity index (χ4n) is 5.14. The van der Waals surface area contributed by atoms with Gasteiger partial charge in [-0.3, -0.25) is 9.78 Å². The topological polar surface area (TPSA) is 132 Å². The van der Waals surface area contributed by atoms with Gasteiger partial charge in [0.15, 0.2) is 0 Å². The molecule has 1 saturated heterocycles. The Kier molecular flexibility index (Phi) is 6.30. The van der Waals surface area contributed by atoms with Crippen LogP contribution in [-0.4, -0.2) is 61.0 Å². The van der Waals surface area contributed by atoms with Gasteiger partial charge in [0.2, 0.25) is 12.0 Å². The van der Waals surface area contributed by atoms with Crippen LogP contribution in [0.25, 0.3) is 28.2 Å². The monoisotopic (exact) mass is 536 g/mol. The van der Waals surface area contributed by atoms with E-state index in [4.69, 9.17) is 19.2 Å². The van der Waals surface area contributed by atoms with Crippen molar-refractivity contribution in [1.29, 1.82) is 0 Å². The maximum atomic E-state index is 11.9. The Hall–Kier alpha value is -3.86. The molecule has 38 heavy (non-hydrogen) atoms. The molecular formula is C27H28N4O6S. The van der Waals surface area contributed by atoms with Crippen molar-refractivity contribution >= 4 is 33.2 Å². The fourth-order valence-corrected chi connectivity index (χ4v) is 6.72. The highest BCUT2D eigenvalue weighted by Gasteiger charge is 2.42. The summed E-state index contributed by atoms with van der Waals surface area (Å²) in [7, 11) is -2.94. The zero-order valence-electron chi connectivity index (χ0n) is 20.7. The van der Waals surface area contributed by atoms with Crippen LogP contribution >= 0.6 is 0 Å². The van der Waals surface area contributed by atoms with Gasteiger partial charge in [-0.05, 0) is 30.9 Å². The fraction of sp³-hybridized carbons (Fsp3) is 0.370. The third-order valence-electron chi connectivity index (χ3n) is 7.32. The lowest BCUT2D eigenvalue weighted by molar-refractivity contribution is -0.109. The van der Waals surface area contributed by atoms with Crippen molar-refractivity contribution in [2.24, 2.45) is 5.92 Å². The van der Waals surface area contributed by atoms with Crippen molar-refractivity contribution in [1.82, 2.24) is 20.3 Å².